The Bertz CT molecular complexity index is 1260. The third kappa shape index (κ3) is 6.12. The Labute approximate surface area is 190 Å². The number of carbonyl (C=O) groups excluding carboxylic acids is 2. The van der Waals surface area contributed by atoms with Crippen LogP contribution in [0.3, 0.4) is 0 Å². The highest BCUT2D eigenvalue weighted by molar-refractivity contribution is 7.90. The van der Waals surface area contributed by atoms with E-state index in [4.69, 9.17) is 0 Å². The van der Waals surface area contributed by atoms with E-state index in [9.17, 15) is 18.0 Å². The molecular weight excluding hydrogens is 448 g/mol. The number of thiazole rings is 1. The molecule has 3 rings (SSSR count). The molecule has 3 aromatic rings. The zero-order chi connectivity index (χ0) is 23.3. The summed E-state index contributed by atoms with van der Waals surface area (Å²) < 4.78 is 28.0. The summed E-state index contributed by atoms with van der Waals surface area (Å²) in [5, 5.41) is 3.22. The second-order valence-corrected chi connectivity index (χ2v) is 10.1. The first kappa shape index (κ1) is 23.4. The third-order valence-electron chi connectivity index (χ3n) is 4.49. The van der Waals surface area contributed by atoms with Crippen molar-refractivity contribution in [2.75, 3.05) is 18.7 Å². The van der Waals surface area contributed by atoms with E-state index in [0.29, 0.717) is 11.6 Å². The van der Waals surface area contributed by atoms with Crippen LogP contribution in [0.5, 0.6) is 0 Å². The van der Waals surface area contributed by atoms with Crippen LogP contribution in [0.4, 0.5) is 5.13 Å². The van der Waals surface area contributed by atoms with Crippen LogP contribution in [0.2, 0.25) is 0 Å². The molecule has 9 heteroatoms. The lowest BCUT2D eigenvalue weighted by atomic mass is 10.0. The van der Waals surface area contributed by atoms with Gasteiger partial charge in [-0.15, -0.1) is 11.3 Å². The van der Waals surface area contributed by atoms with Gasteiger partial charge in [0.1, 0.15) is 0 Å². The van der Waals surface area contributed by atoms with E-state index >= 15 is 0 Å². The van der Waals surface area contributed by atoms with Gasteiger partial charge in [0.25, 0.3) is 0 Å². The number of anilines is 1. The Hall–Kier alpha value is -3.30. The molecular formula is C23H22N2O5S2. The summed E-state index contributed by atoms with van der Waals surface area (Å²) in [5.41, 5.74) is 3.34. The van der Waals surface area contributed by atoms with Gasteiger partial charge in [0.15, 0.2) is 15.0 Å². The van der Waals surface area contributed by atoms with Crippen LogP contribution in [-0.4, -0.2) is 38.6 Å². The molecule has 32 heavy (non-hydrogen) atoms. The minimum atomic E-state index is -3.26. The van der Waals surface area contributed by atoms with Crippen molar-refractivity contribution < 1.29 is 22.7 Å². The molecule has 2 aromatic carbocycles. The number of nitrogens with zero attached hydrogens (tertiary/aromatic N) is 1. The molecule has 166 valence electrons. The van der Waals surface area contributed by atoms with Crippen LogP contribution in [0.25, 0.3) is 17.3 Å². The van der Waals surface area contributed by atoms with Gasteiger partial charge in [-0.3, -0.25) is 4.79 Å². The Morgan fingerprint density at radius 2 is 1.75 bits per heavy atom. The van der Waals surface area contributed by atoms with Gasteiger partial charge in [-0.05, 0) is 29.3 Å². The second-order valence-electron chi connectivity index (χ2n) is 7.04. The second kappa shape index (κ2) is 9.88. The van der Waals surface area contributed by atoms with E-state index in [0.717, 1.165) is 27.3 Å². The number of aromatic nitrogens is 1. The maximum Gasteiger partial charge on any atom is 0.330 e. The molecule has 0 bridgehead atoms. The number of methoxy groups -OCH3 is 1. The largest absolute Gasteiger partial charge is 0.466 e. The number of sulfone groups is 1. The third-order valence-corrected chi connectivity index (χ3v) is 6.59. The lowest BCUT2D eigenvalue weighted by molar-refractivity contribution is -0.134. The monoisotopic (exact) mass is 470 g/mol. The molecule has 0 saturated heterocycles. The Balaban J connectivity index is 1.91. The smallest absolute Gasteiger partial charge is 0.330 e. The Morgan fingerprint density at radius 1 is 1.09 bits per heavy atom. The fourth-order valence-electron chi connectivity index (χ4n) is 2.93. The Morgan fingerprint density at radius 3 is 2.31 bits per heavy atom. The maximum atomic E-state index is 11.7. The number of ether oxygens (including phenoxy) is 1. The highest BCUT2D eigenvalue weighted by Gasteiger charge is 2.15. The molecule has 0 spiro atoms. The van der Waals surface area contributed by atoms with Crippen molar-refractivity contribution in [2.45, 2.75) is 18.2 Å². The number of esters is 1. The van der Waals surface area contributed by atoms with Gasteiger partial charge in [-0.2, -0.15) is 0 Å². The van der Waals surface area contributed by atoms with Crippen molar-refractivity contribution in [1.82, 2.24) is 4.98 Å². The highest BCUT2D eigenvalue weighted by atomic mass is 32.2. The van der Waals surface area contributed by atoms with E-state index in [-0.39, 0.29) is 10.8 Å². The standard InChI is InChI=1S/C23H22N2O5S2/c1-15(26)24-23-25-22(18-9-4-16(5-10-18)8-13-21(27)30-2)20(31-23)14-17-6-11-19(12-7-17)32(3,28)29/h4-13H,14H2,1-3H3,(H,24,25,26). The van der Waals surface area contributed by atoms with Gasteiger partial charge in [0.05, 0.1) is 17.7 Å². The number of nitrogens with one attached hydrogen (secondary N) is 1. The predicted octanol–water partition coefficient (Wildman–Crippen LogP) is 3.95. The van der Waals surface area contributed by atoms with Crippen molar-refractivity contribution in [3.63, 3.8) is 0 Å². The molecule has 0 aliphatic rings. The summed E-state index contributed by atoms with van der Waals surface area (Å²) in [4.78, 5) is 28.6. The topological polar surface area (TPSA) is 102 Å². The first-order valence-electron chi connectivity index (χ1n) is 9.58. The molecule has 1 heterocycles. The lowest BCUT2D eigenvalue weighted by Crippen LogP contribution is -2.04. The maximum absolute atomic E-state index is 11.7. The van der Waals surface area contributed by atoms with Crippen molar-refractivity contribution >= 4 is 44.3 Å². The fourth-order valence-corrected chi connectivity index (χ4v) is 4.62. The fraction of sp³-hybridized carbons (Fsp3) is 0.174. The van der Waals surface area contributed by atoms with Crippen LogP contribution in [0.1, 0.15) is 22.9 Å². The van der Waals surface area contributed by atoms with Crippen LogP contribution in [0, 0.1) is 0 Å². The summed E-state index contributed by atoms with van der Waals surface area (Å²) in [5.74, 6) is -0.643. The molecule has 0 aliphatic carbocycles. The molecule has 0 unspecified atom stereocenters. The average molecular weight is 471 g/mol. The number of hydrogen-bond donors (Lipinski definition) is 1. The minimum Gasteiger partial charge on any atom is -0.466 e. The van der Waals surface area contributed by atoms with Crippen molar-refractivity contribution in [2.24, 2.45) is 0 Å². The molecule has 0 saturated carbocycles. The van der Waals surface area contributed by atoms with Gasteiger partial charge in [0.2, 0.25) is 5.91 Å². The van der Waals surface area contributed by atoms with E-state index in [1.54, 1.807) is 30.3 Å². The van der Waals surface area contributed by atoms with E-state index < -0.39 is 15.8 Å². The normalized spacial score (nSPS) is 11.5. The van der Waals surface area contributed by atoms with Gasteiger partial charge < -0.3 is 10.1 Å². The van der Waals surface area contributed by atoms with Crippen LogP contribution in [-0.2, 0) is 30.6 Å². The summed E-state index contributed by atoms with van der Waals surface area (Å²) in [7, 11) is -1.94. The van der Waals surface area contributed by atoms with E-state index in [1.807, 2.05) is 24.3 Å². The number of carbonyl (C=O) groups is 2. The average Bonchev–Trinajstić information content (AvgIpc) is 3.13. The number of hydrogen-bond acceptors (Lipinski definition) is 7. The van der Waals surface area contributed by atoms with Gasteiger partial charge in [-0.1, -0.05) is 36.4 Å². The van der Waals surface area contributed by atoms with Crippen molar-refractivity contribution in [1.29, 1.82) is 0 Å². The predicted molar refractivity (Wildman–Crippen MR) is 125 cm³/mol. The zero-order valence-corrected chi connectivity index (χ0v) is 19.4. The molecule has 1 aromatic heterocycles. The first-order valence-corrected chi connectivity index (χ1v) is 12.3. The van der Waals surface area contributed by atoms with Gasteiger partial charge >= 0.3 is 5.97 Å². The summed E-state index contributed by atoms with van der Waals surface area (Å²) in [6.45, 7) is 1.42. The molecule has 1 N–H and O–H groups in total. The summed E-state index contributed by atoms with van der Waals surface area (Å²) >= 11 is 1.37. The molecule has 0 aliphatic heterocycles. The lowest BCUT2D eigenvalue weighted by Gasteiger charge is -2.05. The summed E-state index contributed by atoms with van der Waals surface area (Å²) in [6, 6.07) is 14.2. The van der Waals surface area contributed by atoms with Crippen molar-refractivity contribution in [3.05, 3.63) is 70.6 Å². The van der Waals surface area contributed by atoms with Crippen LogP contribution >= 0.6 is 11.3 Å². The molecule has 0 atom stereocenters. The van der Waals surface area contributed by atoms with Crippen LogP contribution in [0.15, 0.2) is 59.5 Å². The van der Waals surface area contributed by atoms with E-state index in [2.05, 4.69) is 15.0 Å². The molecule has 0 fully saturated rings. The van der Waals surface area contributed by atoms with Crippen LogP contribution < -0.4 is 5.32 Å². The SMILES string of the molecule is COC(=O)C=Cc1ccc(-c2nc(NC(C)=O)sc2Cc2ccc(S(C)(=O)=O)cc2)cc1. The highest BCUT2D eigenvalue weighted by Crippen LogP contribution is 2.33. The molecule has 0 radical (unpaired) electrons. The zero-order valence-electron chi connectivity index (χ0n) is 17.8. The number of benzene rings is 2. The van der Waals surface area contributed by atoms with E-state index in [1.165, 1.54) is 37.7 Å². The van der Waals surface area contributed by atoms with Gasteiger partial charge in [0, 0.05) is 36.1 Å². The number of amides is 1. The first-order chi connectivity index (χ1) is 15.2. The molecule has 1 amide bonds. The Kier molecular flexibility index (Phi) is 7.22. The van der Waals surface area contributed by atoms with Gasteiger partial charge in [-0.25, -0.2) is 18.2 Å². The van der Waals surface area contributed by atoms with Crippen molar-refractivity contribution in [3.8, 4) is 11.3 Å². The minimum absolute atomic E-state index is 0.211. The quantitative estimate of drug-likeness (QED) is 0.414. The number of rotatable bonds is 7. The summed E-state index contributed by atoms with van der Waals surface area (Å²) in [6.07, 6.45) is 4.70. The molecule has 7 nitrogen and oxygen atoms in total.